The van der Waals surface area contributed by atoms with E-state index in [2.05, 4.69) is 0 Å². The fourth-order valence-electron chi connectivity index (χ4n) is 1.78. The van der Waals surface area contributed by atoms with Crippen LogP contribution >= 0.6 is 0 Å². The van der Waals surface area contributed by atoms with Crippen molar-refractivity contribution in [2.45, 2.75) is 12.5 Å². The van der Waals surface area contributed by atoms with Crippen molar-refractivity contribution in [1.82, 2.24) is 0 Å². The Labute approximate surface area is 122 Å². The van der Waals surface area contributed by atoms with Crippen molar-refractivity contribution < 1.29 is 19.4 Å². The second kappa shape index (κ2) is 6.67. The molecule has 0 fully saturated rings. The Balaban J connectivity index is 2.00. The number of carbonyl (C=O) groups excluding carboxylic acids is 1. The lowest BCUT2D eigenvalue weighted by molar-refractivity contribution is -0.138. The zero-order valence-electron chi connectivity index (χ0n) is 11.2. The molecular formula is C16H15NO4. The summed E-state index contributed by atoms with van der Waals surface area (Å²) in [7, 11) is 0. The first-order valence-corrected chi connectivity index (χ1v) is 6.41. The van der Waals surface area contributed by atoms with Gasteiger partial charge < -0.3 is 15.6 Å². The highest BCUT2D eigenvalue weighted by Crippen LogP contribution is 2.15. The molecule has 2 rings (SSSR count). The number of rotatable bonds is 5. The SMILES string of the molecule is NC(Cc1ccc(OC(=O)c2ccccc2)cc1)C(=O)O. The van der Waals surface area contributed by atoms with Crippen LogP contribution in [0.25, 0.3) is 0 Å². The summed E-state index contributed by atoms with van der Waals surface area (Å²) in [6.45, 7) is 0. The van der Waals surface area contributed by atoms with Crippen molar-refractivity contribution in [2.75, 3.05) is 0 Å². The molecule has 0 aromatic heterocycles. The molecule has 0 amide bonds. The third kappa shape index (κ3) is 4.15. The number of carboxylic acids is 1. The lowest BCUT2D eigenvalue weighted by atomic mass is 10.1. The molecule has 2 aromatic carbocycles. The molecule has 0 heterocycles. The van der Waals surface area contributed by atoms with Crippen molar-refractivity contribution in [3.8, 4) is 5.75 Å². The first-order valence-electron chi connectivity index (χ1n) is 6.41. The number of ether oxygens (including phenoxy) is 1. The molecular weight excluding hydrogens is 270 g/mol. The third-order valence-corrected chi connectivity index (χ3v) is 2.92. The highest BCUT2D eigenvalue weighted by Gasteiger charge is 2.12. The molecule has 1 atom stereocenters. The molecule has 0 aliphatic rings. The van der Waals surface area contributed by atoms with Crippen LogP contribution in [0.1, 0.15) is 15.9 Å². The van der Waals surface area contributed by atoms with Crippen molar-refractivity contribution in [1.29, 1.82) is 0 Å². The number of benzene rings is 2. The van der Waals surface area contributed by atoms with Gasteiger partial charge in [0.25, 0.3) is 0 Å². The standard InChI is InChI=1S/C16H15NO4/c17-14(15(18)19)10-11-6-8-13(9-7-11)21-16(20)12-4-2-1-3-5-12/h1-9,14H,10,17H2,(H,18,19). The minimum atomic E-state index is -1.05. The molecule has 1 unspecified atom stereocenters. The largest absolute Gasteiger partial charge is 0.480 e. The molecule has 0 bridgehead atoms. The maximum atomic E-state index is 11.8. The first kappa shape index (κ1) is 14.7. The van der Waals surface area contributed by atoms with Gasteiger partial charge in [-0.25, -0.2) is 4.79 Å². The van der Waals surface area contributed by atoms with E-state index in [9.17, 15) is 9.59 Å². The number of esters is 1. The highest BCUT2D eigenvalue weighted by molar-refractivity contribution is 5.90. The molecule has 5 heteroatoms. The molecule has 0 spiro atoms. The van der Waals surface area contributed by atoms with Crippen LogP contribution in [-0.4, -0.2) is 23.1 Å². The molecule has 0 radical (unpaired) electrons. The summed E-state index contributed by atoms with van der Waals surface area (Å²) in [5, 5.41) is 8.75. The summed E-state index contributed by atoms with van der Waals surface area (Å²) in [6.07, 6.45) is 0.224. The maximum absolute atomic E-state index is 11.8. The van der Waals surface area contributed by atoms with Crippen LogP contribution in [-0.2, 0) is 11.2 Å². The summed E-state index contributed by atoms with van der Waals surface area (Å²) >= 11 is 0. The Hall–Kier alpha value is -2.66. The third-order valence-electron chi connectivity index (χ3n) is 2.92. The van der Waals surface area contributed by atoms with Gasteiger partial charge in [0.2, 0.25) is 0 Å². The summed E-state index contributed by atoms with van der Waals surface area (Å²) in [5.74, 6) is -1.09. The van der Waals surface area contributed by atoms with E-state index in [1.54, 1.807) is 48.5 Å². The summed E-state index contributed by atoms with van der Waals surface area (Å²) in [4.78, 5) is 22.5. The second-order valence-corrected chi connectivity index (χ2v) is 4.55. The predicted molar refractivity (Wildman–Crippen MR) is 77.2 cm³/mol. The molecule has 0 aliphatic heterocycles. The Morgan fingerprint density at radius 3 is 2.24 bits per heavy atom. The van der Waals surface area contributed by atoms with E-state index < -0.39 is 18.0 Å². The molecule has 0 saturated heterocycles. The summed E-state index contributed by atoms with van der Waals surface area (Å²) in [5.41, 5.74) is 6.69. The van der Waals surface area contributed by atoms with Crippen LogP contribution in [0, 0.1) is 0 Å². The van der Waals surface area contributed by atoms with Gasteiger partial charge in [0.15, 0.2) is 0 Å². The highest BCUT2D eigenvalue weighted by atomic mass is 16.5. The van der Waals surface area contributed by atoms with Crippen molar-refractivity contribution >= 4 is 11.9 Å². The normalized spacial score (nSPS) is 11.7. The Kier molecular flexibility index (Phi) is 4.68. The smallest absolute Gasteiger partial charge is 0.343 e. The topological polar surface area (TPSA) is 89.6 Å². The van der Waals surface area contributed by atoms with Gasteiger partial charge in [0.1, 0.15) is 11.8 Å². The van der Waals surface area contributed by atoms with Gasteiger partial charge in [-0.2, -0.15) is 0 Å². The van der Waals surface area contributed by atoms with E-state index >= 15 is 0 Å². The Morgan fingerprint density at radius 1 is 1.05 bits per heavy atom. The maximum Gasteiger partial charge on any atom is 0.343 e. The van der Waals surface area contributed by atoms with Gasteiger partial charge in [-0.1, -0.05) is 30.3 Å². The number of nitrogens with two attached hydrogens (primary N) is 1. The molecule has 0 aliphatic carbocycles. The van der Waals surface area contributed by atoms with Crippen molar-refractivity contribution in [3.05, 3.63) is 65.7 Å². The lowest BCUT2D eigenvalue weighted by Gasteiger charge is -2.08. The van der Waals surface area contributed by atoms with E-state index in [1.807, 2.05) is 6.07 Å². The van der Waals surface area contributed by atoms with Gasteiger partial charge in [-0.05, 0) is 36.2 Å². The molecule has 2 aromatic rings. The van der Waals surface area contributed by atoms with Gasteiger partial charge in [-0.3, -0.25) is 4.79 Å². The lowest BCUT2D eigenvalue weighted by Crippen LogP contribution is -2.32. The number of hydrogen-bond acceptors (Lipinski definition) is 4. The molecule has 3 N–H and O–H groups in total. The predicted octanol–water partition coefficient (Wildman–Crippen LogP) is 1.86. The van der Waals surface area contributed by atoms with E-state index in [4.69, 9.17) is 15.6 Å². The van der Waals surface area contributed by atoms with Crippen LogP contribution < -0.4 is 10.5 Å². The first-order chi connectivity index (χ1) is 10.1. The van der Waals surface area contributed by atoms with Crippen LogP contribution in [0.4, 0.5) is 0 Å². The minimum absolute atomic E-state index is 0.224. The van der Waals surface area contributed by atoms with Crippen LogP contribution in [0.2, 0.25) is 0 Å². The summed E-state index contributed by atoms with van der Waals surface area (Å²) in [6, 6.07) is 14.3. The van der Waals surface area contributed by atoms with E-state index in [0.29, 0.717) is 11.3 Å². The minimum Gasteiger partial charge on any atom is -0.480 e. The summed E-state index contributed by atoms with van der Waals surface area (Å²) < 4.78 is 5.22. The monoisotopic (exact) mass is 285 g/mol. The van der Waals surface area contributed by atoms with Gasteiger partial charge in [-0.15, -0.1) is 0 Å². The zero-order valence-corrected chi connectivity index (χ0v) is 11.2. The van der Waals surface area contributed by atoms with E-state index in [0.717, 1.165) is 5.56 Å². The van der Waals surface area contributed by atoms with Crippen molar-refractivity contribution in [3.63, 3.8) is 0 Å². The van der Waals surface area contributed by atoms with Crippen LogP contribution in [0.15, 0.2) is 54.6 Å². The second-order valence-electron chi connectivity index (χ2n) is 4.55. The van der Waals surface area contributed by atoms with Gasteiger partial charge >= 0.3 is 11.9 Å². The molecule has 0 saturated carbocycles. The Morgan fingerprint density at radius 2 is 1.67 bits per heavy atom. The number of aliphatic carboxylic acids is 1. The number of carbonyl (C=O) groups is 2. The van der Waals surface area contributed by atoms with Crippen molar-refractivity contribution in [2.24, 2.45) is 5.73 Å². The molecule has 21 heavy (non-hydrogen) atoms. The number of carboxylic acid groups (broad SMARTS) is 1. The number of hydrogen-bond donors (Lipinski definition) is 2. The van der Waals surface area contributed by atoms with Gasteiger partial charge in [0.05, 0.1) is 5.56 Å². The quantitative estimate of drug-likeness (QED) is 0.646. The fraction of sp³-hybridized carbons (Fsp3) is 0.125. The average Bonchev–Trinajstić information content (AvgIpc) is 2.50. The fourth-order valence-corrected chi connectivity index (χ4v) is 1.78. The van der Waals surface area contributed by atoms with Gasteiger partial charge in [0, 0.05) is 0 Å². The molecule has 5 nitrogen and oxygen atoms in total. The average molecular weight is 285 g/mol. The van der Waals surface area contributed by atoms with E-state index in [1.165, 1.54) is 0 Å². The van der Waals surface area contributed by atoms with Crippen LogP contribution in [0.5, 0.6) is 5.75 Å². The zero-order chi connectivity index (χ0) is 15.2. The molecule has 108 valence electrons. The Bertz CT molecular complexity index is 622. The van der Waals surface area contributed by atoms with E-state index in [-0.39, 0.29) is 6.42 Å². The van der Waals surface area contributed by atoms with Crippen LogP contribution in [0.3, 0.4) is 0 Å².